The van der Waals surface area contributed by atoms with Gasteiger partial charge in [0.2, 0.25) is 10.0 Å². The van der Waals surface area contributed by atoms with Crippen molar-refractivity contribution in [2.45, 2.75) is 31.1 Å². The Morgan fingerprint density at radius 3 is 2.32 bits per heavy atom. The van der Waals surface area contributed by atoms with Crippen LogP contribution in [-0.2, 0) is 14.8 Å². The Morgan fingerprint density at radius 1 is 1.21 bits per heavy atom. The minimum absolute atomic E-state index is 0.0345. The molecule has 0 bridgehead atoms. The number of benzene rings is 1. The van der Waals surface area contributed by atoms with Crippen LogP contribution >= 0.6 is 0 Å². The largest absolute Gasteiger partial charge is 0.299 e. The Kier molecular flexibility index (Phi) is 4.37. The topological polar surface area (TPSA) is 54.5 Å². The summed E-state index contributed by atoms with van der Waals surface area (Å²) in [6, 6.07) is 8.46. The zero-order chi connectivity index (χ0) is 13.9. The summed E-state index contributed by atoms with van der Waals surface area (Å²) in [6.45, 7) is 2.73. The van der Waals surface area contributed by atoms with Crippen LogP contribution in [0.3, 0.4) is 0 Å². The van der Waals surface area contributed by atoms with E-state index < -0.39 is 10.0 Å². The highest BCUT2D eigenvalue weighted by atomic mass is 32.2. The third-order valence-electron chi connectivity index (χ3n) is 3.64. The second kappa shape index (κ2) is 5.84. The number of hydrogen-bond acceptors (Lipinski definition) is 3. The maximum Gasteiger partial charge on any atom is 0.243 e. The van der Waals surface area contributed by atoms with Gasteiger partial charge >= 0.3 is 0 Å². The first kappa shape index (κ1) is 14.2. The lowest BCUT2D eigenvalue weighted by Crippen LogP contribution is -2.40. The zero-order valence-electron chi connectivity index (χ0n) is 11.1. The summed E-state index contributed by atoms with van der Waals surface area (Å²) in [5.41, 5.74) is 0. The fourth-order valence-corrected chi connectivity index (χ4v) is 3.94. The fraction of sp³-hybridized carbons (Fsp3) is 0.500. The molecule has 1 fully saturated rings. The maximum atomic E-state index is 12.4. The number of piperidine rings is 1. The zero-order valence-corrected chi connectivity index (χ0v) is 11.9. The van der Waals surface area contributed by atoms with Gasteiger partial charge in [-0.3, -0.25) is 4.79 Å². The molecule has 0 radical (unpaired) electrons. The van der Waals surface area contributed by atoms with E-state index in [0.29, 0.717) is 37.2 Å². The van der Waals surface area contributed by atoms with Gasteiger partial charge in [-0.15, -0.1) is 0 Å². The van der Waals surface area contributed by atoms with Crippen molar-refractivity contribution in [2.24, 2.45) is 5.92 Å². The van der Waals surface area contributed by atoms with Crippen molar-refractivity contribution in [3.05, 3.63) is 30.3 Å². The summed E-state index contributed by atoms with van der Waals surface area (Å²) in [5, 5.41) is 0. The number of carbonyl (C=O) groups excluding carboxylic acids is 1. The van der Waals surface area contributed by atoms with Gasteiger partial charge < -0.3 is 0 Å². The molecular formula is C14H19NO3S. The standard InChI is InChI=1S/C14H19NO3S/c1-2-14(16)12-8-10-15(11-9-12)19(17,18)13-6-4-3-5-7-13/h3-7,12H,2,8-11H2,1H3. The molecular weight excluding hydrogens is 262 g/mol. The summed E-state index contributed by atoms with van der Waals surface area (Å²) >= 11 is 0. The molecule has 0 aromatic heterocycles. The van der Waals surface area contributed by atoms with Crippen LogP contribution in [0.5, 0.6) is 0 Å². The minimum atomic E-state index is -3.40. The summed E-state index contributed by atoms with van der Waals surface area (Å²) < 4.78 is 26.2. The van der Waals surface area contributed by atoms with Gasteiger partial charge in [-0.2, -0.15) is 4.31 Å². The number of ketones is 1. The van der Waals surface area contributed by atoms with E-state index in [1.54, 1.807) is 30.3 Å². The fourth-order valence-electron chi connectivity index (χ4n) is 2.45. The molecule has 19 heavy (non-hydrogen) atoms. The van der Waals surface area contributed by atoms with Gasteiger partial charge in [0.25, 0.3) is 0 Å². The van der Waals surface area contributed by atoms with Gasteiger partial charge in [0.05, 0.1) is 4.90 Å². The molecule has 5 heteroatoms. The van der Waals surface area contributed by atoms with Gasteiger partial charge in [0.1, 0.15) is 5.78 Å². The van der Waals surface area contributed by atoms with Crippen LogP contribution in [0.25, 0.3) is 0 Å². The minimum Gasteiger partial charge on any atom is -0.299 e. The highest BCUT2D eigenvalue weighted by Crippen LogP contribution is 2.24. The van der Waals surface area contributed by atoms with E-state index in [-0.39, 0.29) is 11.7 Å². The maximum absolute atomic E-state index is 12.4. The first-order valence-electron chi connectivity index (χ1n) is 6.63. The van der Waals surface area contributed by atoms with E-state index in [4.69, 9.17) is 0 Å². The van der Waals surface area contributed by atoms with Crippen LogP contribution in [0.1, 0.15) is 26.2 Å². The van der Waals surface area contributed by atoms with Crippen LogP contribution in [0.4, 0.5) is 0 Å². The number of rotatable bonds is 4. The van der Waals surface area contributed by atoms with Crippen molar-refractivity contribution in [2.75, 3.05) is 13.1 Å². The lowest BCUT2D eigenvalue weighted by Gasteiger charge is -2.30. The first-order chi connectivity index (χ1) is 9.05. The molecule has 2 rings (SSSR count). The van der Waals surface area contributed by atoms with Crippen LogP contribution in [0.15, 0.2) is 35.2 Å². The summed E-state index contributed by atoms with van der Waals surface area (Å²) in [7, 11) is -3.40. The molecule has 1 aliphatic rings. The Balaban J connectivity index is 2.08. The van der Waals surface area contributed by atoms with Crippen LogP contribution in [-0.4, -0.2) is 31.6 Å². The molecule has 0 unspecified atom stereocenters. The van der Waals surface area contributed by atoms with Crippen LogP contribution in [0, 0.1) is 5.92 Å². The third kappa shape index (κ3) is 3.04. The smallest absolute Gasteiger partial charge is 0.243 e. The van der Waals surface area contributed by atoms with Gasteiger partial charge in [-0.05, 0) is 25.0 Å². The molecule has 0 aliphatic carbocycles. The van der Waals surface area contributed by atoms with E-state index in [2.05, 4.69) is 0 Å². The second-order valence-electron chi connectivity index (χ2n) is 4.81. The molecule has 1 aromatic carbocycles. The molecule has 0 spiro atoms. The van der Waals surface area contributed by atoms with Gasteiger partial charge in [0, 0.05) is 25.4 Å². The van der Waals surface area contributed by atoms with E-state index in [0.717, 1.165) is 0 Å². The van der Waals surface area contributed by atoms with E-state index in [1.165, 1.54) is 4.31 Å². The summed E-state index contributed by atoms with van der Waals surface area (Å²) in [5.74, 6) is 0.281. The lowest BCUT2D eigenvalue weighted by atomic mass is 9.92. The van der Waals surface area contributed by atoms with Crippen molar-refractivity contribution in [3.63, 3.8) is 0 Å². The van der Waals surface area contributed by atoms with Crippen molar-refractivity contribution in [3.8, 4) is 0 Å². The highest BCUT2D eigenvalue weighted by molar-refractivity contribution is 7.89. The lowest BCUT2D eigenvalue weighted by molar-refractivity contribution is -0.123. The Labute approximate surface area is 114 Å². The summed E-state index contributed by atoms with van der Waals surface area (Å²) in [4.78, 5) is 12.0. The number of nitrogens with zero attached hydrogens (tertiary/aromatic N) is 1. The molecule has 1 saturated heterocycles. The first-order valence-corrected chi connectivity index (χ1v) is 8.07. The Morgan fingerprint density at radius 2 is 1.79 bits per heavy atom. The SMILES string of the molecule is CCC(=O)C1CCN(S(=O)(=O)c2ccccc2)CC1. The van der Waals surface area contributed by atoms with Crippen LogP contribution < -0.4 is 0 Å². The van der Waals surface area contributed by atoms with Crippen molar-refractivity contribution < 1.29 is 13.2 Å². The molecule has 1 aromatic rings. The van der Waals surface area contributed by atoms with Crippen molar-refractivity contribution in [1.29, 1.82) is 0 Å². The molecule has 1 heterocycles. The molecule has 104 valence electrons. The molecule has 0 N–H and O–H groups in total. The number of Topliss-reactive ketones (excluding diaryl/α,β-unsaturated/α-hetero) is 1. The average molecular weight is 281 g/mol. The highest BCUT2D eigenvalue weighted by Gasteiger charge is 2.31. The summed E-state index contributed by atoms with van der Waals surface area (Å²) in [6.07, 6.45) is 1.81. The third-order valence-corrected chi connectivity index (χ3v) is 5.55. The van der Waals surface area contributed by atoms with Crippen molar-refractivity contribution >= 4 is 15.8 Å². The molecule has 0 amide bonds. The van der Waals surface area contributed by atoms with Gasteiger partial charge in [-0.1, -0.05) is 25.1 Å². The predicted molar refractivity (Wildman–Crippen MR) is 73.2 cm³/mol. The Hall–Kier alpha value is -1.20. The Bertz CT molecular complexity index is 531. The average Bonchev–Trinajstić information content (AvgIpc) is 2.47. The van der Waals surface area contributed by atoms with Gasteiger partial charge in [-0.25, -0.2) is 8.42 Å². The molecule has 1 aliphatic heterocycles. The van der Waals surface area contributed by atoms with Crippen molar-refractivity contribution in [1.82, 2.24) is 4.31 Å². The van der Waals surface area contributed by atoms with Gasteiger partial charge in [0.15, 0.2) is 0 Å². The van der Waals surface area contributed by atoms with Crippen LogP contribution in [0.2, 0.25) is 0 Å². The van der Waals surface area contributed by atoms with E-state index in [1.807, 2.05) is 6.92 Å². The van der Waals surface area contributed by atoms with E-state index in [9.17, 15) is 13.2 Å². The quantitative estimate of drug-likeness (QED) is 0.849. The monoisotopic (exact) mass is 281 g/mol. The number of hydrogen-bond donors (Lipinski definition) is 0. The molecule has 0 atom stereocenters. The van der Waals surface area contributed by atoms with E-state index >= 15 is 0 Å². The molecule has 4 nitrogen and oxygen atoms in total. The molecule has 0 saturated carbocycles. The number of carbonyl (C=O) groups is 1. The normalized spacial score (nSPS) is 18.4. The predicted octanol–water partition coefficient (Wildman–Crippen LogP) is 2.07. The number of sulfonamides is 1. The second-order valence-corrected chi connectivity index (χ2v) is 6.75.